The number of carbonyl (C=O) groups is 2. The van der Waals surface area contributed by atoms with Gasteiger partial charge in [-0.3, -0.25) is 4.79 Å². The molecule has 5 nitrogen and oxygen atoms in total. The maximum absolute atomic E-state index is 12.4. The predicted molar refractivity (Wildman–Crippen MR) is 69.3 cm³/mol. The van der Waals surface area contributed by atoms with E-state index in [4.69, 9.17) is 5.26 Å². The number of rotatable bonds is 3. The summed E-state index contributed by atoms with van der Waals surface area (Å²) >= 11 is 0. The summed E-state index contributed by atoms with van der Waals surface area (Å²) in [6, 6.07) is 10.5. The Labute approximate surface area is 111 Å². The van der Waals surface area contributed by atoms with Gasteiger partial charge < -0.3 is 15.0 Å². The average molecular weight is 257 g/mol. The molecular weight excluding hydrogens is 242 g/mol. The summed E-state index contributed by atoms with van der Waals surface area (Å²) in [5.74, 6) is -0.922. The fourth-order valence-corrected chi connectivity index (χ4v) is 2.25. The minimum atomic E-state index is -0.791. The summed E-state index contributed by atoms with van der Waals surface area (Å²) in [5.41, 5.74) is 0.581. The fourth-order valence-electron chi connectivity index (χ4n) is 2.25. The van der Waals surface area contributed by atoms with Crippen LogP contribution in [0, 0.1) is 17.2 Å². The van der Waals surface area contributed by atoms with Gasteiger partial charge in [-0.1, -0.05) is 18.2 Å². The first-order valence-corrected chi connectivity index (χ1v) is 6.19. The van der Waals surface area contributed by atoms with Crippen LogP contribution in [0.25, 0.3) is 0 Å². The van der Waals surface area contributed by atoms with E-state index in [1.54, 1.807) is 29.2 Å². The minimum Gasteiger partial charge on any atom is -0.331 e. The molecule has 0 spiro atoms. The standard InChI is InChI=1S/C14H15N3O2/c15-8-12(10-18)13-9-16-6-7-17(13)14(19)11-4-2-1-3-5-11/h1-5,10,12-13,16H,6-7,9H2. The number of piperazine rings is 1. The summed E-state index contributed by atoms with van der Waals surface area (Å²) in [5, 5.41) is 12.1. The van der Waals surface area contributed by atoms with E-state index in [0.29, 0.717) is 31.5 Å². The van der Waals surface area contributed by atoms with E-state index in [9.17, 15) is 9.59 Å². The average Bonchev–Trinajstić information content (AvgIpc) is 2.49. The number of hydrogen-bond donors (Lipinski definition) is 1. The zero-order chi connectivity index (χ0) is 13.7. The zero-order valence-electron chi connectivity index (χ0n) is 10.5. The van der Waals surface area contributed by atoms with Crippen molar-refractivity contribution in [1.82, 2.24) is 10.2 Å². The van der Waals surface area contributed by atoms with Crippen molar-refractivity contribution >= 4 is 12.2 Å². The third kappa shape index (κ3) is 2.80. The summed E-state index contributed by atoms with van der Waals surface area (Å²) < 4.78 is 0. The summed E-state index contributed by atoms with van der Waals surface area (Å²) in [4.78, 5) is 25.0. The Bertz CT molecular complexity index is 495. The van der Waals surface area contributed by atoms with Gasteiger partial charge in [0.15, 0.2) is 0 Å². The molecule has 0 bridgehead atoms. The molecule has 98 valence electrons. The van der Waals surface area contributed by atoms with Crippen LogP contribution < -0.4 is 5.32 Å². The van der Waals surface area contributed by atoms with E-state index >= 15 is 0 Å². The molecule has 2 rings (SSSR count). The first-order chi connectivity index (χ1) is 9.27. The van der Waals surface area contributed by atoms with Crippen LogP contribution in [0.1, 0.15) is 10.4 Å². The van der Waals surface area contributed by atoms with Crippen LogP contribution in [0.3, 0.4) is 0 Å². The number of amides is 1. The number of carbonyl (C=O) groups excluding carboxylic acids is 2. The molecular formula is C14H15N3O2. The lowest BCUT2D eigenvalue weighted by Crippen LogP contribution is -2.56. The van der Waals surface area contributed by atoms with Gasteiger partial charge in [0, 0.05) is 25.2 Å². The zero-order valence-corrected chi connectivity index (χ0v) is 10.5. The summed E-state index contributed by atoms with van der Waals surface area (Å²) in [7, 11) is 0. The molecule has 2 atom stereocenters. The van der Waals surface area contributed by atoms with Crippen LogP contribution in [-0.4, -0.2) is 42.8 Å². The molecule has 1 aliphatic heterocycles. The van der Waals surface area contributed by atoms with Crippen molar-refractivity contribution < 1.29 is 9.59 Å². The quantitative estimate of drug-likeness (QED) is 0.797. The lowest BCUT2D eigenvalue weighted by atomic mass is 9.98. The van der Waals surface area contributed by atoms with Crippen molar-refractivity contribution in [3.63, 3.8) is 0 Å². The second-order valence-corrected chi connectivity index (χ2v) is 4.43. The molecule has 1 heterocycles. The van der Waals surface area contributed by atoms with Crippen molar-refractivity contribution in [1.29, 1.82) is 5.26 Å². The Hall–Kier alpha value is -2.19. The van der Waals surface area contributed by atoms with E-state index in [2.05, 4.69) is 5.32 Å². The van der Waals surface area contributed by atoms with E-state index in [0.717, 1.165) is 0 Å². The molecule has 1 aliphatic rings. The van der Waals surface area contributed by atoms with Gasteiger partial charge in [-0.05, 0) is 12.1 Å². The fraction of sp³-hybridized carbons (Fsp3) is 0.357. The van der Waals surface area contributed by atoms with Crippen molar-refractivity contribution in [3.05, 3.63) is 35.9 Å². The Balaban J connectivity index is 2.23. The van der Waals surface area contributed by atoms with E-state index in [1.165, 1.54) is 0 Å². The van der Waals surface area contributed by atoms with Crippen LogP contribution in [0.4, 0.5) is 0 Å². The first kappa shape index (κ1) is 13.2. The van der Waals surface area contributed by atoms with Crippen molar-refractivity contribution in [3.8, 4) is 6.07 Å². The summed E-state index contributed by atoms with van der Waals surface area (Å²) in [6.07, 6.45) is 0.614. The van der Waals surface area contributed by atoms with Gasteiger partial charge in [0.2, 0.25) is 0 Å². The topological polar surface area (TPSA) is 73.2 Å². The van der Waals surface area contributed by atoms with Crippen LogP contribution >= 0.6 is 0 Å². The van der Waals surface area contributed by atoms with Gasteiger partial charge in [0.25, 0.3) is 5.91 Å². The van der Waals surface area contributed by atoms with Crippen LogP contribution in [-0.2, 0) is 4.79 Å². The third-order valence-corrected chi connectivity index (χ3v) is 3.28. The molecule has 19 heavy (non-hydrogen) atoms. The number of nitriles is 1. The number of nitrogens with one attached hydrogen (secondary N) is 1. The first-order valence-electron chi connectivity index (χ1n) is 6.19. The van der Waals surface area contributed by atoms with Gasteiger partial charge >= 0.3 is 0 Å². The van der Waals surface area contributed by atoms with Crippen LogP contribution in [0.15, 0.2) is 30.3 Å². The Kier molecular flexibility index (Phi) is 4.26. The normalized spacial score (nSPS) is 20.4. The second kappa shape index (κ2) is 6.12. The lowest BCUT2D eigenvalue weighted by Gasteiger charge is -2.37. The molecule has 5 heteroatoms. The highest BCUT2D eigenvalue weighted by Crippen LogP contribution is 2.15. The number of hydrogen-bond acceptors (Lipinski definition) is 4. The molecule has 1 N–H and O–H groups in total. The monoisotopic (exact) mass is 257 g/mol. The minimum absolute atomic E-state index is 0.130. The van der Waals surface area contributed by atoms with Gasteiger partial charge in [-0.25, -0.2) is 0 Å². The van der Waals surface area contributed by atoms with Crippen LogP contribution in [0.2, 0.25) is 0 Å². The molecule has 0 saturated carbocycles. The molecule has 1 aromatic rings. The number of nitrogens with zero attached hydrogens (tertiary/aromatic N) is 2. The molecule has 1 amide bonds. The molecule has 1 saturated heterocycles. The maximum Gasteiger partial charge on any atom is 0.254 e. The van der Waals surface area contributed by atoms with Crippen molar-refractivity contribution in [2.24, 2.45) is 5.92 Å². The SMILES string of the molecule is N#CC(C=O)C1CNCCN1C(=O)c1ccccc1. The highest BCUT2D eigenvalue weighted by atomic mass is 16.2. The highest BCUT2D eigenvalue weighted by Gasteiger charge is 2.33. The van der Waals surface area contributed by atoms with Gasteiger partial charge in [-0.15, -0.1) is 0 Å². The van der Waals surface area contributed by atoms with Crippen LogP contribution in [0.5, 0.6) is 0 Å². The lowest BCUT2D eigenvalue weighted by molar-refractivity contribution is -0.111. The van der Waals surface area contributed by atoms with E-state index in [1.807, 2.05) is 12.1 Å². The molecule has 1 fully saturated rings. The molecule has 2 unspecified atom stereocenters. The molecule has 0 radical (unpaired) electrons. The Morgan fingerprint density at radius 1 is 1.47 bits per heavy atom. The van der Waals surface area contributed by atoms with E-state index < -0.39 is 12.0 Å². The molecule has 1 aromatic carbocycles. The number of benzene rings is 1. The third-order valence-electron chi connectivity index (χ3n) is 3.28. The van der Waals surface area contributed by atoms with Crippen molar-refractivity contribution in [2.45, 2.75) is 6.04 Å². The maximum atomic E-state index is 12.4. The largest absolute Gasteiger partial charge is 0.331 e. The van der Waals surface area contributed by atoms with Gasteiger partial charge in [0.05, 0.1) is 12.1 Å². The smallest absolute Gasteiger partial charge is 0.254 e. The Morgan fingerprint density at radius 3 is 2.84 bits per heavy atom. The highest BCUT2D eigenvalue weighted by molar-refractivity contribution is 5.94. The predicted octanol–water partition coefficient (Wildman–Crippen LogP) is 0.439. The molecule has 0 aromatic heterocycles. The van der Waals surface area contributed by atoms with Gasteiger partial charge in [0.1, 0.15) is 12.2 Å². The van der Waals surface area contributed by atoms with E-state index in [-0.39, 0.29) is 5.91 Å². The second-order valence-electron chi connectivity index (χ2n) is 4.43. The molecule has 0 aliphatic carbocycles. The summed E-state index contributed by atoms with van der Waals surface area (Å²) in [6.45, 7) is 1.64. The van der Waals surface area contributed by atoms with Crippen molar-refractivity contribution in [2.75, 3.05) is 19.6 Å². The Morgan fingerprint density at radius 2 is 2.21 bits per heavy atom. The number of aldehydes is 1. The van der Waals surface area contributed by atoms with Gasteiger partial charge in [-0.2, -0.15) is 5.26 Å².